The second-order valence-electron chi connectivity index (χ2n) is 16.2. The first-order valence-electron chi connectivity index (χ1n) is 17.9. The lowest BCUT2D eigenvalue weighted by atomic mass is 9.79. The van der Waals surface area contributed by atoms with Gasteiger partial charge in [-0.3, -0.25) is 0 Å². The number of rotatable bonds is 16. The van der Waals surface area contributed by atoms with Gasteiger partial charge in [0.25, 0.3) is 0 Å². The highest BCUT2D eigenvalue weighted by molar-refractivity contribution is 6.06. The first kappa shape index (κ1) is 35.2. The molecule has 0 aliphatic carbocycles. The Kier molecular flexibility index (Phi) is 11.6. The molecule has 2 aromatic rings. The Morgan fingerprint density at radius 3 is 1.09 bits per heavy atom. The van der Waals surface area contributed by atoms with Gasteiger partial charge in [-0.2, -0.15) is 0 Å². The molecule has 0 amide bonds. The number of nitrogens with zero attached hydrogens (tertiary/aromatic N) is 2. The Morgan fingerprint density at radius 1 is 0.533 bits per heavy atom. The minimum atomic E-state index is -0.602. The number of benzene rings is 2. The molecule has 0 N–H and O–H groups in total. The third-order valence-corrected chi connectivity index (χ3v) is 9.97. The Bertz CT molecular complexity index is 1140. The second kappa shape index (κ2) is 14.9. The molecule has 0 aromatic heterocycles. The van der Waals surface area contributed by atoms with Crippen LogP contribution in [0.25, 0.3) is 0 Å². The van der Waals surface area contributed by atoms with E-state index >= 15 is 0 Å². The number of hydrogen-bond acceptors (Lipinski definition) is 4. The van der Waals surface area contributed by atoms with Crippen LogP contribution >= 0.6 is 0 Å². The van der Waals surface area contributed by atoms with E-state index in [0.29, 0.717) is 23.7 Å². The van der Waals surface area contributed by atoms with Gasteiger partial charge >= 0.3 is 0 Å². The Balaban J connectivity index is 1.78. The average Bonchev–Trinajstić information content (AvgIpc) is 3.59. The molecule has 4 heteroatoms. The first-order valence-corrected chi connectivity index (χ1v) is 17.9. The molecule has 2 aliphatic heterocycles. The third-order valence-electron chi connectivity index (χ3n) is 9.97. The summed E-state index contributed by atoms with van der Waals surface area (Å²) in [5.41, 5.74) is 1.10. The van der Waals surface area contributed by atoms with Gasteiger partial charge in [-0.15, -0.1) is 0 Å². The van der Waals surface area contributed by atoms with Crippen molar-refractivity contribution in [2.45, 2.75) is 144 Å². The van der Waals surface area contributed by atoms with Crippen LogP contribution in [-0.4, -0.2) is 23.0 Å². The zero-order chi connectivity index (χ0) is 32.8. The largest absolute Gasteiger partial charge is 0.471 e. The van der Waals surface area contributed by atoms with Crippen molar-refractivity contribution in [2.75, 3.05) is 0 Å². The topological polar surface area (TPSA) is 43.2 Å². The van der Waals surface area contributed by atoms with Crippen LogP contribution in [0.1, 0.15) is 144 Å². The molecule has 0 fully saturated rings. The highest BCUT2D eigenvalue weighted by Crippen LogP contribution is 2.52. The lowest BCUT2D eigenvalue weighted by molar-refractivity contribution is 0.00987. The van der Waals surface area contributed by atoms with E-state index in [4.69, 9.17) is 19.5 Å². The Morgan fingerprint density at radius 2 is 0.822 bits per heavy atom. The Hall–Kier alpha value is -2.62. The minimum Gasteiger partial charge on any atom is -0.471 e. The second-order valence-corrected chi connectivity index (χ2v) is 16.2. The van der Waals surface area contributed by atoms with Crippen molar-refractivity contribution >= 4 is 11.8 Å². The van der Waals surface area contributed by atoms with Gasteiger partial charge in [0.15, 0.2) is 11.8 Å². The van der Waals surface area contributed by atoms with Crippen LogP contribution in [0.2, 0.25) is 0 Å². The fraction of sp³-hybridized carbons (Fsp3) is 0.659. The van der Waals surface area contributed by atoms with Crippen molar-refractivity contribution in [3.05, 3.63) is 71.8 Å². The third kappa shape index (κ3) is 8.40. The molecule has 248 valence electrons. The molecule has 0 bridgehead atoms. The van der Waals surface area contributed by atoms with Crippen molar-refractivity contribution in [3.63, 3.8) is 0 Å². The predicted octanol–water partition coefficient (Wildman–Crippen LogP) is 11.6. The number of ether oxygens (including phenoxy) is 2. The van der Waals surface area contributed by atoms with E-state index in [0.717, 1.165) is 63.2 Å². The zero-order valence-electron chi connectivity index (χ0n) is 30.1. The fourth-order valence-corrected chi connectivity index (χ4v) is 6.85. The molecule has 0 saturated carbocycles. The lowest BCUT2D eigenvalue weighted by Gasteiger charge is -2.38. The summed E-state index contributed by atoms with van der Waals surface area (Å²) in [6, 6.07) is 21.5. The van der Waals surface area contributed by atoms with Gasteiger partial charge < -0.3 is 9.47 Å². The molecular weight excluding hydrogens is 552 g/mol. The molecule has 2 aliphatic rings. The van der Waals surface area contributed by atoms with Crippen molar-refractivity contribution in [3.8, 4) is 0 Å². The molecule has 0 spiro atoms. The maximum Gasteiger partial charge on any atom is 0.200 e. The molecule has 45 heavy (non-hydrogen) atoms. The molecule has 2 heterocycles. The smallest absolute Gasteiger partial charge is 0.200 e. The van der Waals surface area contributed by atoms with Gasteiger partial charge in [0.05, 0.1) is 0 Å². The quantitative estimate of drug-likeness (QED) is 0.189. The molecule has 0 saturated heterocycles. The summed E-state index contributed by atoms with van der Waals surface area (Å²) in [5, 5.41) is 0. The van der Waals surface area contributed by atoms with Gasteiger partial charge in [-0.1, -0.05) is 116 Å². The van der Waals surface area contributed by atoms with Gasteiger partial charge in [0, 0.05) is 0 Å². The highest BCUT2D eigenvalue weighted by Gasteiger charge is 2.55. The lowest BCUT2D eigenvalue weighted by Crippen LogP contribution is -2.43. The Labute approximate surface area is 275 Å². The van der Waals surface area contributed by atoms with Crippen LogP contribution in [-0.2, 0) is 9.47 Å². The van der Waals surface area contributed by atoms with Crippen LogP contribution in [0.5, 0.6) is 0 Å². The van der Waals surface area contributed by atoms with E-state index < -0.39 is 5.41 Å². The van der Waals surface area contributed by atoms with E-state index in [1.165, 1.54) is 11.1 Å². The summed E-state index contributed by atoms with van der Waals surface area (Å²) in [6.45, 7) is 22.9. The van der Waals surface area contributed by atoms with Gasteiger partial charge in [-0.25, -0.2) is 9.98 Å². The summed E-state index contributed by atoms with van der Waals surface area (Å²) in [6.07, 6.45) is 8.33. The highest BCUT2D eigenvalue weighted by atomic mass is 16.5. The zero-order valence-corrected chi connectivity index (χ0v) is 30.1. The average molecular weight is 615 g/mol. The van der Waals surface area contributed by atoms with Gasteiger partial charge in [-0.05, 0) is 100 Å². The van der Waals surface area contributed by atoms with E-state index in [9.17, 15) is 0 Å². The van der Waals surface area contributed by atoms with Crippen molar-refractivity contribution in [1.82, 2.24) is 0 Å². The van der Waals surface area contributed by atoms with Crippen LogP contribution in [0.4, 0.5) is 0 Å². The van der Waals surface area contributed by atoms with Crippen molar-refractivity contribution < 1.29 is 9.47 Å². The molecule has 0 unspecified atom stereocenters. The standard InChI is InChI=1S/C41H62N2O2/c1-29(2)21-25-40(26-22-30(3)4)35(33-17-13-11-14-18-33)42-37(44-40)39(9,10)38-43-36(34-19-15-12-16-20-34)41(45-38,27-23-31(5)6)28-24-32(7)8/h11-20,29-32,35-36H,21-28H2,1-10H3/t35-,36-/m1/s1. The summed E-state index contributed by atoms with van der Waals surface area (Å²) >= 11 is 0. The minimum absolute atomic E-state index is 0.0518. The van der Waals surface area contributed by atoms with E-state index in [1.54, 1.807) is 0 Å². The molecule has 2 aromatic carbocycles. The van der Waals surface area contributed by atoms with E-state index in [2.05, 4.69) is 130 Å². The fourth-order valence-electron chi connectivity index (χ4n) is 6.85. The summed E-state index contributed by atoms with van der Waals surface area (Å²) in [5.74, 6) is 3.92. The monoisotopic (exact) mass is 614 g/mol. The first-order chi connectivity index (χ1) is 21.3. The van der Waals surface area contributed by atoms with Gasteiger partial charge in [0.2, 0.25) is 0 Å². The molecular formula is C41H62N2O2. The van der Waals surface area contributed by atoms with E-state index in [1.807, 2.05) is 0 Å². The van der Waals surface area contributed by atoms with Crippen LogP contribution in [0, 0.1) is 29.1 Å². The van der Waals surface area contributed by atoms with Crippen molar-refractivity contribution in [2.24, 2.45) is 39.1 Å². The number of hydrogen-bond donors (Lipinski definition) is 0. The summed E-state index contributed by atoms with van der Waals surface area (Å²) in [4.78, 5) is 11.0. The van der Waals surface area contributed by atoms with Crippen LogP contribution in [0.15, 0.2) is 70.6 Å². The van der Waals surface area contributed by atoms with Gasteiger partial charge in [0.1, 0.15) is 28.7 Å². The van der Waals surface area contributed by atoms with E-state index in [-0.39, 0.29) is 23.3 Å². The van der Waals surface area contributed by atoms with Crippen LogP contribution < -0.4 is 0 Å². The SMILES string of the molecule is CC(C)CCC1(CCC(C)C)OC(C(C)(C)C2=N[C@H](c3ccccc3)C(CCC(C)C)(CCC(C)C)O2)=N[C@@H]1c1ccccc1. The number of aliphatic imine (C=N–C) groups is 2. The maximum atomic E-state index is 7.29. The maximum absolute atomic E-state index is 7.29. The van der Waals surface area contributed by atoms with Crippen LogP contribution in [0.3, 0.4) is 0 Å². The van der Waals surface area contributed by atoms with Crippen molar-refractivity contribution in [1.29, 1.82) is 0 Å². The molecule has 2 atom stereocenters. The molecule has 4 rings (SSSR count). The molecule has 4 nitrogen and oxygen atoms in total. The summed E-state index contributed by atoms with van der Waals surface area (Å²) in [7, 11) is 0. The molecule has 0 radical (unpaired) electrons. The normalized spacial score (nSPS) is 20.9. The predicted molar refractivity (Wildman–Crippen MR) is 191 cm³/mol. The summed E-state index contributed by atoms with van der Waals surface area (Å²) < 4.78 is 14.6.